The number of carbonyl (C=O) groups is 2. The third-order valence-corrected chi connectivity index (χ3v) is 7.79. The molecular formula is C32H40N6O3. The summed E-state index contributed by atoms with van der Waals surface area (Å²) in [5.74, 6) is 1.10. The average molecular weight is 557 g/mol. The second-order valence-corrected chi connectivity index (χ2v) is 10.7. The summed E-state index contributed by atoms with van der Waals surface area (Å²) in [5, 5.41) is 0. The normalized spacial score (nSPS) is 16.7. The van der Waals surface area contributed by atoms with Crippen molar-refractivity contribution >= 4 is 23.5 Å². The summed E-state index contributed by atoms with van der Waals surface area (Å²) in [4.78, 5) is 44.1. The fourth-order valence-corrected chi connectivity index (χ4v) is 5.66. The molecule has 0 atom stereocenters. The van der Waals surface area contributed by atoms with Gasteiger partial charge in [-0.15, -0.1) is 0 Å². The van der Waals surface area contributed by atoms with Crippen molar-refractivity contribution in [3.8, 4) is 5.75 Å². The number of ether oxygens (including phenoxy) is 1. The monoisotopic (exact) mass is 556 g/mol. The standard InChI is InChI=1S/C32H40N6O3/c1-26(39)38-21-9-20-36(32-33-15-8-16-34-32)22-23-37(25-27-11-2-4-13-29(27)38)31(40)28-12-3-5-14-30(28)41-24-10-19-35-17-6-7-18-35/h2-5,8,11-16H,6-7,9-10,17-25H2,1H3. The molecular weight excluding hydrogens is 516 g/mol. The van der Waals surface area contributed by atoms with Gasteiger partial charge in [-0.1, -0.05) is 30.3 Å². The maximum absolute atomic E-state index is 14.2. The van der Waals surface area contributed by atoms with Crippen molar-refractivity contribution in [1.82, 2.24) is 19.8 Å². The van der Waals surface area contributed by atoms with E-state index >= 15 is 0 Å². The number of likely N-dealkylation sites (tertiary alicyclic amines) is 1. The average Bonchev–Trinajstić information content (AvgIpc) is 3.51. The number of nitrogens with zero attached hydrogens (tertiary/aromatic N) is 6. The maximum Gasteiger partial charge on any atom is 0.257 e. The van der Waals surface area contributed by atoms with Gasteiger partial charge in [0.05, 0.1) is 12.2 Å². The number of aromatic nitrogens is 2. The molecule has 5 rings (SSSR count). The number of para-hydroxylation sites is 2. The third kappa shape index (κ3) is 7.41. The molecule has 0 saturated carbocycles. The summed E-state index contributed by atoms with van der Waals surface area (Å²) < 4.78 is 6.18. The van der Waals surface area contributed by atoms with Crippen molar-refractivity contribution in [2.45, 2.75) is 39.2 Å². The van der Waals surface area contributed by atoms with Gasteiger partial charge in [0.1, 0.15) is 5.75 Å². The van der Waals surface area contributed by atoms with E-state index in [1.807, 2.05) is 58.3 Å². The first kappa shape index (κ1) is 28.5. The van der Waals surface area contributed by atoms with Crippen LogP contribution < -0.4 is 14.5 Å². The van der Waals surface area contributed by atoms with Crippen molar-refractivity contribution < 1.29 is 14.3 Å². The van der Waals surface area contributed by atoms with E-state index in [4.69, 9.17) is 4.74 Å². The lowest BCUT2D eigenvalue weighted by molar-refractivity contribution is -0.116. The molecule has 2 aromatic carbocycles. The molecule has 3 heterocycles. The summed E-state index contributed by atoms with van der Waals surface area (Å²) in [7, 11) is 0. The smallest absolute Gasteiger partial charge is 0.257 e. The Morgan fingerprint density at radius 1 is 0.829 bits per heavy atom. The minimum Gasteiger partial charge on any atom is -0.493 e. The molecule has 2 aliphatic rings. The summed E-state index contributed by atoms with van der Waals surface area (Å²) in [6.45, 7) is 8.13. The molecule has 0 unspecified atom stereocenters. The fraction of sp³-hybridized carbons (Fsp3) is 0.438. The summed E-state index contributed by atoms with van der Waals surface area (Å²) in [6.07, 6.45) is 7.67. The van der Waals surface area contributed by atoms with E-state index in [0.29, 0.717) is 56.6 Å². The minimum absolute atomic E-state index is 0.0234. The van der Waals surface area contributed by atoms with Gasteiger partial charge in [-0.25, -0.2) is 9.97 Å². The van der Waals surface area contributed by atoms with Crippen LogP contribution in [-0.4, -0.2) is 84.0 Å². The van der Waals surface area contributed by atoms with Crippen molar-refractivity contribution in [1.29, 1.82) is 0 Å². The molecule has 0 radical (unpaired) electrons. The lowest BCUT2D eigenvalue weighted by Gasteiger charge is -2.28. The predicted octanol–water partition coefficient (Wildman–Crippen LogP) is 4.25. The predicted molar refractivity (Wildman–Crippen MR) is 160 cm³/mol. The number of hydrogen-bond donors (Lipinski definition) is 0. The number of carbonyl (C=O) groups excluding carboxylic acids is 2. The van der Waals surface area contributed by atoms with Crippen molar-refractivity contribution in [2.24, 2.45) is 0 Å². The molecule has 0 N–H and O–H groups in total. The molecule has 9 nitrogen and oxygen atoms in total. The van der Waals surface area contributed by atoms with E-state index < -0.39 is 0 Å². The molecule has 0 aliphatic carbocycles. The van der Waals surface area contributed by atoms with Gasteiger partial charge in [-0.3, -0.25) is 9.59 Å². The van der Waals surface area contributed by atoms with Crippen LogP contribution in [0, 0.1) is 0 Å². The molecule has 1 aromatic heterocycles. The van der Waals surface area contributed by atoms with Crippen LogP contribution in [0.25, 0.3) is 0 Å². The van der Waals surface area contributed by atoms with Gasteiger partial charge in [-0.2, -0.15) is 0 Å². The largest absolute Gasteiger partial charge is 0.493 e. The Morgan fingerprint density at radius 2 is 1.59 bits per heavy atom. The van der Waals surface area contributed by atoms with Crippen LogP contribution in [0.5, 0.6) is 5.75 Å². The number of amides is 2. The molecule has 2 amide bonds. The quantitative estimate of drug-likeness (QED) is 0.403. The fourth-order valence-electron chi connectivity index (χ4n) is 5.66. The third-order valence-electron chi connectivity index (χ3n) is 7.79. The van der Waals surface area contributed by atoms with Crippen molar-refractivity contribution in [3.63, 3.8) is 0 Å². The first-order valence-corrected chi connectivity index (χ1v) is 14.7. The lowest BCUT2D eigenvalue weighted by atomic mass is 10.1. The molecule has 41 heavy (non-hydrogen) atoms. The van der Waals surface area contributed by atoms with Crippen LogP contribution in [0.1, 0.15) is 48.5 Å². The zero-order chi connectivity index (χ0) is 28.4. The van der Waals surface area contributed by atoms with Crippen LogP contribution in [-0.2, 0) is 11.3 Å². The van der Waals surface area contributed by atoms with E-state index in [-0.39, 0.29) is 11.8 Å². The first-order chi connectivity index (χ1) is 20.1. The Morgan fingerprint density at radius 3 is 2.39 bits per heavy atom. The Bertz CT molecular complexity index is 1300. The Hall–Kier alpha value is -3.98. The molecule has 0 spiro atoms. The van der Waals surface area contributed by atoms with Crippen LogP contribution >= 0.6 is 0 Å². The summed E-state index contributed by atoms with van der Waals surface area (Å²) in [6, 6.07) is 17.2. The van der Waals surface area contributed by atoms with Gasteiger partial charge in [0.15, 0.2) is 0 Å². The van der Waals surface area contributed by atoms with Crippen LogP contribution in [0.2, 0.25) is 0 Å². The molecule has 1 fully saturated rings. The molecule has 2 aliphatic heterocycles. The van der Waals surface area contributed by atoms with Crippen LogP contribution in [0.15, 0.2) is 67.0 Å². The molecule has 0 bridgehead atoms. The van der Waals surface area contributed by atoms with E-state index in [9.17, 15) is 9.59 Å². The number of anilines is 2. The zero-order valence-electron chi connectivity index (χ0n) is 24.0. The SMILES string of the molecule is CC(=O)N1CCCN(c2ncccn2)CCN(C(=O)c2ccccc2OCCCN2CCCC2)Cc2ccccc21. The molecule has 3 aromatic rings. The number of fused-ring (bicyclic) bond motifs is 1. The Labute approximate surface area is 242 Å². The van der Waals surface area contributed by atoms with Gasteiger partial charge in [0, 0.05) is 64.3 Å². The van der Waals surface area contributed by atoms with Gasteiger partial charge in [0.2, 0.25) is 11.9 Å². The van der Waals surface area contributed by atoms with Gasteiger partial charge >= 0.3 is 0 Å². The van der Waals surface area contributed by atoms with Gasteiger partial charge in [-0.05, 0) is 68.6 Å². The highest BCUT2D eigenvalue weighted by Gasteiger charge is 2.25. The van der Waals surface area contributed by atoms with Gasteiger partial charge < -0.3 is 24.3 Å². The summed E-state index contributed by atoms with van der Waals surface area (Å²) >= 11 is 0. The van der Waals surface area contributed by atoms with E-state index in [1.165, 1.54) is 12.8 Å². The number of hydrogen-bond acceptors (Lipinski definition) is 7. The van der Waals surface area contributed by atoms with E-state index in [2.05, 4.69) is 19.8 Å². The highest BCUT2D eigenvalue weighted by Crippen LogP contribution is 2.27. The zero-order valence-corrected chi connectivity index (χ0v) is 24.0. The van der Waals surface area contributed by atoms with Gasteiger partial charge in [0.25, 0.3) is 5.91 Å². The first-order valence-electron chi connectivity index (χ1n) is 14.7. The lowest BCUT2D eigenvalue weighted by Crippen LogP contribution is -2.39. The second kappa shape index (κ2) is 14.1. The topological polar surface area (TPSA) is 82.1 Å². The number of rotatable bonds is 7. The van der Waals surface area contributed by atoms with Crippen molar-refractivity contribution in [2.75, 3.05) is 62.2 Å². The highest BCUT2D eigenvalue weighted by atomic mass is 16.5. The van der Waals surface area contributed by atoms with E-state index in [1.54, 1.807) is 25.4 Å². The van der Waals surface area contributed by atoms with Crippen LogP contribution in [0.3, 0.4) is 0 Å². The molecule has 9 heteroatoms. The number of benzene rings is 2. The highest BCUT2D eigenvalue weighted by molar-refractivity contribution is 5.97. The Kier molecular flexibility index (Phi) is 9.80. The van der Waals surface area contributed by atoms with E-state index in [0.717, 1.165) is 43.7 Å². The summed E-state index contributed by atoms with van der Waals surface area (Å²) in [5.41, 5.74) is 2.32. The van der Waals surface area contributed by atoms with Crippen molar-refractivity contribution in [3.05, 3.63) is 78.1 Å². The maximum atomic E-state index is 14.2. The second-order valence-electron chi connectivity index (χ2n) is 10.7. The molecule has 216 valence electrons. The minimum atomic E-state index is -0.0995. The molecule has 1 saturated heterocycles. The Balaban J connectivity index is 1.40. The van der Waals surface area contributed by atoms with Crippen LogP contribution in [0.4, 0.5) is 11.6 Å².